The molecule has 1 amide bonds. The Kier molecular flexibility index (Phi) is 8.30. The van der Waals surface area contributed by atoms with Crippen molar-refractivity contribution in [2.75, 3.05) is 13.1 Å². The predicted molar refractivity (Wildman–Crippen MR) is 119 cm³/mol. The van der Waals surface area contributed by atoms with Gasteiger partial charge >= 0.3 is 0 Å². The molecule has 0 atom stereocenters. The molecule has 158 valence electrons. The monoisotopic (exact) mass is 429 g/mol. The molecule has 0 saturated carbocycles. The van der Waals surface area contributed by atoms with Gasteiger partial charge in [-0.3, -0.25) is 4.79 Å². The highest BCUT2D eigenvalue weighted by molar-refractivity contribution is 6.06. The van der Waals surface area contributed by atoms with E-state index in [1.807, 2.05) is 17.7 Å². The van der Waals surface area contributed by atoms with E-state index >= 15 is 0 Å². The Morgan fingerprint density at radius 2 is 1.86 bits per heavy atom. The number of rotatable bonds is 3. The van der Waals surface area contributed by atoms with Crippen molar-refractivity contribution in [3.05, 3.63) is 23.0 Å². The number of halogens is 2. The van der Waals surface area contributed by atoms with Gasteiger partial charge < -0.3 is 10.6 Å². The van der Waals surface area contributed by atoms with Crippen LogP contribution in [0.5, 0.6) is 0 Å². The van der Waals surface area contributed by atoms with Crippen LogP contribution in [0.2, 0.25) is 0 Å². The molecule has 0 bridgehead atoms. The number of carbonyl (C=O) groups excluding carboxylic acids is 1. The highest BCUT2D eigenvalue weighted by atomic mass is 35.5. The van der Waals surface area contributed by atoms with Crippen LogP contribution in [0.4, 0.5) is 0 Å². The van der Waals surface area contributed by atoms with Gasteiger partial charge in [0, 0.05) is 11.7 Å². The number of hydrogen-bond donors (Lipinski definition) is 2. The van der Waals surface area contributed by atoms with Crippen LogP contribution < -0.4 is 10.6 Å². The van der Waals surface area contributed by atoms with E-state index in [9.17, 15) is 4.79 Å². The Labute approximate surface area is 180 Å². The molecule has 8 heteroatoms. The number of nitrogens with zero attached hydrogens (tertiary/aromatic N) is 3. The van der Waals surface area contributed by atoms with Crippen molar-refractivity contribution in [2.45, 2.75) is 71.9 Å². The summed E-state index contributed by atoms with van der Waals surface area (Å²) in [5, 5.41) is 12.1. The fraction of sp³-hybridized carbons (Fsp3) is 0.650. The highest BCUT2D eigenvalue weighted by Crippen LogP contribution is 2.29. The number of aromatic nitrogens is 3. The molecular weight excluding hydrogens is 397 g/mol. The van der Waals surface area contributed by atoms with Crippen LogP contribution in [0.25, 0.3) is 11.0 Å². The predicted octanol–water partition coefficient (Wildman–Crippen LogP) is 3.94. The third kappa shape index (κ3) is 4.97. The largest absolute Gasteiger partial charge is 0.349 e. The number of hydrogen-bond acceptors (Lipinski definition) is 4. The molecule has 28 heavy (non-hydrogen) atoms. The number of carbonyl (C=O) groups is 1. The smallest absolute Gasteiger partial charge is 0.252 e. The third-order valence-electron chi connectivity index (χ3n) is 4.98. The molecule has 0 radical (unpaired) electrons. The van der Waals surface area contributed by atoms with Gasteiger partial charge in [0.25, 0.3) is 5.91 Å². The van der Waals surface area contributed by atoms with E-state index in [0.717, 1.165) is 48.4 Å². The lowest BCUT2D eigenvalue weighted by Gasteiger charge is -2.24. The molecule has 0 spiro atoms. The molecule has 6 nitrogen and oxygen atoms in total. The van der Waals surface area contributed by atoms with Crippen LogP contribution in [0.3, 0.4) is 0 Å². The summed E-state index contributed by atoms with van der Waals surface area (Å²) in [6.45, 7) is 14.4. The minimum Gasteiger partial charge on any atom is -0.349 e. The third-order valence-corrected chi connectivity index (χ3v) is 4.98. The zero-order valence-electron chi connectivity index (χ0n) is 17.6. The summed E-state index contributed by atoms with van der Waals surface area (Å²) in [5.74, 6) is 0.233. The Hall–Kier alpha value is -1.37. The molecule has 2 N–H and O–H groups in total. The Bertz CT molecular complexity index is 820. The first-order valence-electron chi connectivity index (χ1n) is 9.61. The average molecular weight is 430 g/mol. The number of amides is 1. The first-order chi connectivity index (χ1) is 12.2. The average Bonchev–Trinajstić information content (AvgIpc) is 2.92. The van der Waals surface area contributed by atoms with Crippen LogP contribution in [0.1, 0.15) is 75.1 Å². The van der Waals surface area contributed by atoms with E-state index < -0.39 is 0 Å². The standard InChI is InChI=1S/C20H31N5O.2ClH/c1-12(2)16-11-15(19(26)22-14-7-9-21-10-8-14)17-13(3)24-25(18(17)23-16)20(4,5)6;;/h11-12,14,21H,7-10H2,1-6H3,(H,22,26);2*1H. The van der Waals surface area contributed by atoms with Crippen molar-refractivity contribution in [1.29, 1.82) is 0 Å². The van der Waals surface area contributed by atoms with Crippen molar-refractivity contribution in [2.24, 2.45) is 0 Å². The van der Waals surface area contributed by atoms with Gasteiger partial charge in [0.2, 0.25) is 0 Å². The fourth-order valence-corrected chi connectivity index (χ4v) is 3.48. The number of nitrogens with one attached hydrogen (secondary N) is 2. The number of pyridine rings is 1. The summed E-state index contributed by atoms with van der Waals surface area (Å²) in [7, 11) is 0. The molecule has 2 aromatic rings. The lowest BCUT2D eigenvalue weighted by molar-refractivity contribution is 0.0931. The Morgan fingerprint density at radius 3 is 2.39 bits per heavy atom. The summed E-state index contributed by atoms with van der Waals surface area (Å²) in [5.41, 5.74) is 3.09. The second-order valence-electron chi connectivity index (χ2n) is 8.61. The summed E-state index contributed by atoms with van der Waals surface area (Å²) in [4.78, 5) is 18.0. The zero-order chi connectivity index (χ0) is 19.1. The molecule has 1 fully saturated rings. The van der Waals surface area contributed by atoms with Crippen molar-refractivity contribution in [3.8, 4) is 0 Å². The molecule has 3 rings (SSSR count). The van der Waals surface area contributed by atoms with E-state index in [1.165, 1.54) is 0 Å². The topological polar surface area (TPSA) is 71.8 Å². The van der Waals surface area contributed by atoms with Crippen molar-refractivity contribution in [3.63, 3.8) is 0 Å². The summed E-state index contributed by atoms with van der Waals surface area (Å²) in [6.07, 6.45) is 1.94. The Balaban J connectivity index is 0.00000196. The zero-order valence-corrected chi connectivity index (χ0v) is 19.3. The molecule has 0 unspecified atom stereocenters. The van der Waals surface area contributed by atoms with Gasteiger partial charge in [-0.05, 0) is 65.6 Å². The summed E-state index contributed by atoms with van der Waals surface area (Å²) in [6, 6.07) is 2.18. The fourth-order valence-electron chi connectivity index (χ4n) is 3.48. The number of piperidine rings is 1. The van der Waals surface area contributed by atoms with Crippen LogP contribution in [0.15, 0.2) is 6.07 Å². The lowest BCUT2D eigenvalue weighted by Crippen LogP contribution is -2.42. The molecule has 3 heterocycles. The second kappa shape index (κ2) is 9.42. The minimum atomic E-state index is -0.197. The van der Waals surface area contributed by atoms with Gasteiger partial charge in [-0.25, -0.2) is 9.67 Å². The summed E-state index contributed by atoms with van der Waals surface area (Å²) < 4.78 is 1.95. The van der Waals surface area contributed by atoms with Crippen molar-refractivity contribution >= 4 is 41.8 Å². The molecule has 1 aliphatic heterocycles. The van der Waals surface area contributed by atoms with Crippen molar-refractivity contribution < 1.29 is 4.79 Å². The van der Waals surface area contributed by atoms with E-state index in [4.69, 9.17) is 10.1 Å². The maximum Gasteiger partial charge on any atom is 0.252 e. The van der Waals surface area contributed by atoms with Crippen LogP contribution in [-0.4, -0.2) is 39.8 Å². The van der Waals surface area contributed by atoms with E-state index in [-0.39, 0.29) is 48.2 Å². The van der Waals surface area contributed by atoms with Gasteiger partial charge in [-0.2, -0.15) is 5.10 Å². The van der Waals surface area contributed by atoms with Gasteiger partial charge in [-0.15, -0.1) is 24.8 Å². The molecular formula is C20H33Cl2N5O. The highest BCUT2D eigenvalue weighted by Gasteiger charge is 2.26. The number of aryl methyl sites for hydroxylation is 1. The molecule has 0 aliphatic carbocycles. The molecule has 2 aromatic heterocycles. The first kappa shape index (κ1) is 24.7. The quantitative estimate of drug-likeness (QED) is 0.774. The maximum absolute atomic E-state index is 13.1. The summed E-state index contributed by atoms with van der Waals surface area (Å²) >= 11 is 0. The van der Waals surface area contributed by atoms with E-state index in [0.29, 0.717) is 5.56 Å². The van der Waals surface area contributed by atoms with Crippen molar-refractivity contribution in [1.82, 2.24) is 25.4 Å². The second-order valence-corrected chi connectivity index (χ2v) is 8.61. The van der Waals surface area contributed by atoms with Gasteiger partial charge in [-0.1, -0.05) is 13.8 Å². The van der Waals surface area contributed by atoms with E-state index in [1.54, 1.807) is 0 Å². The molecule has 1 saturated heterocycles. The van der Waals surface area contributed by atoms with Crippen LogP contribution >= 0.6 is 24.8 Å². The normalized spacial score (nSPS) is 15.2. The van der Waals surface area contributed by atoms with Crippen LogP contribution in [-0.2, 0) is 5.54 Å². The molecule has 0 aromatic carbocycles. The van der Waals surface area contributed by atoms with Crippen LogP contribution in [0, 0.1) is 6.92 Å². The number of fused-ring (bicyclic) bond motifs is 1. The van der Waals surface area contributed by atoms with Gasteiger partial charge in [0.1, 0.15) is 0 Å². The molecule has 1 aliphatic rings. The van der Waals surface area contributed by atoms with E-state index in [2.05, 4.69) is 45.3 Å². The maximum atomic E-state index is 13.1. The SMILES string of the molecule is Cc1nn(C(C)(C)C)c2nc(C(C)C)cc(C(=O)NC3CCNCC3)c12.Cl.Cl. The van der Waals surface area contributed by atoms with Gasteiger partial charge in [0.15, 0.2) is 5.65 Å². The minimum absolute atomic E-state index is 0. The Morgan fingerprint density at radius 1 is 1.25 bits per heavy atom. The lowest BCUT2D eigenvalue weighted by atomic mass is 10.0. The van der Waals surface area contributed by atoms with Gasteiger partial charge in [0.05, 0.1) is 22.2 Å². The first-order valence-corrected chi connectivity index (χ1v) is 9.61.